The van der Waals surface area contributed by atoms with E-state index in [-0.39, 0.29) is 0 Å². The van der Waals surface area contributed by atoms with Crippen LogP contribution >= 0.6 is 0 Å². The highest BCUT2D eigenvalue weighted by molar-refractivity contribution is 5.48. The maximum absolute atomic E-state index is 4.56. The molecule has 1 aromatic rings. The molecule has 2 rings (SSSR count). The second kappa shape index (κ2) is 4.68. The summed E-state index contributed by atoms with van der Waals surface area (Å²) in [6, 6.07) is 2.02. The molecule has 1 heterocycles. The number of nitrogens with zero attached hydrogens (tertiary/aromatic N) is 3. The van der Waals surface area contributed by atoms with Crippen LogP contribution in [0.3, 0.4) is 0 Å². The molecule has 1 aliphatic rings. The molecule has 0 unspecified atom stereocenters. The average Bonchev–Trinajstić information content (AvgIpc) is 3.12. The summed E-state index contributed by atoms with van der Waals surface area (Å²) in [7, 11) is 4.01. The standard InChI is InChI=1S/C12H20N4/c1-4-10-14-11(13-2)7-12(15-10)16(3)8-9-5-6-9/h7,9H,4-6,8H2,1-3H3,(H,13,14,15). The third-order valence-electron chi connectivity index (χ3n) is 2.95. The topological polar surface area (TPSA) is 41.1 Å². The lowest BCUT2D eigenvalue weighted by molar-refractivity contribution is 0.769. The van der Waals surface area contributed by atoms with Crippen LogP contribution in [0.1, 0.15) is 25.6 Å². The maximum atomic E-state index is 4.56. The summed E-state index contributed by atoms with van der Waals surface area (Å²) in [6.07, 6.45) is 3.61. The Morgan fingerprint density at radius 3 is 2.75 bits per heavy atom. The van der Waals surface area contributed by atoms with Crippen LogP contribution in [0.25, 0.3) is 0 Å². The van der Waals surface area contributed by atoms with Crippen LogP contribution in [0.4, 0.5) is 11.6 Å². The third kappa shape index (κ3) is 2.62. The molecule has 88 valence electrons. The molecule has 1 fully saturated rings. The van der Waals surface area contributed by atoms with Gasteiger partial charge in [-0.3, -0.25) is 0 Å². The Bertz CT molecular complexity index is 338. The van der Waals surface area contributed by atoms with Gasteiger partial charge in [-0.15, -0.1) is 0 Å². The molecule has 0 amide bonds. The monoisotopic (exact) mass is 220 g/mol. The van der Waals surface area contributed by atoms with Crippen molar-refractivity contribution in [2.75, 3.05) is 30.9 Å². The molecule has 0 spiro atoms. The van der Waals surface area contributed by atoms with Crippen molar-refractivity contribution in [3.63, 3.8) is 0 Å². The summed E-state index contributed by atoms with van der Waals surface area (Å²) in [5, 5.41) is 3.09. The second-order valence-electron chi connectivity index (χ2n) is 4.46. The molecule has 1 N–H and O–H groups in total. The molecular weight excluding hydrogens is 200 g/mol. The zero-order valence-electron chi connectivity index (χ0n) is 10.3. The highest BCUT2D eigenvalue weighted by Gasteiger charge is 2.23. The number of hydrogen-bond acceptors (Lipinski definition) is 4. The van der Waals surface area contributed by atoms with Gasteiger partial charge in [0.2, 0.25) is 0 Å². The molecule has 0 aliphatic heterocycles. The Kier molecular flexibility index (Phi) is 3.27. The molecule has 1 aliphatic carbocycles. The van der Waals surface area contributed by atoms with Crippen LogP contribution in [0.15, 0.2) is 6.07 Å². The van der Waals surface area contributed by atoms with Gasteiger partial charge in [0, 0.05) is 33.1 Å². The van der Waals surface area contributed by atoms with Gasteiger partial charge in [-0.2, -0.15) is 0 Å². The Labute approximate surface area is 97.1 Å². The molecule has 0 bridgehead atoms. The fraction of sp³-hybridized carbons (Fsp3) is 0.667. The van der Waals surface area contributed by atoms with Crippen molar-refractivity contribution in [2.45, 2.75) is 26.2 Å². The quantitative estimate of drug-likeness (QED) is 0.823. The minimum absolute atomic E-state index is 0.875. The van der Waals surface area contributed by atoms with Crippen LogP contribution in [0.2, 0.25) is 0 Å². The van der Waals surface area contributed by atoms with Gasteiger partial charge in [0.15, 0.2) is 0 Å². The van der Waals surface area contributed by atoms with Gasteiger partial charge in [-0.05, 0) is 18.8 Å². The van der Waals surface area contributed by atoms with Crippen LogP contribution in [-0.4, -0.2) is 30.6 Å². The first-order chi connectivity index (χ1) is 7.72. The predicted molar refractivity (Wildman–Crippen MR) is 67.0 cm³/mol. The number of anilines is 2. The molecule has 0 radical (unpaired) electrons. The molecule has 1 saturated carbocycles. The SMILES string of the molecule is CCc1nc(NC)cc(N(C)CC2CC2)n1. The highest BCUT2D eigenvalue weighted by Crippen LogP contribution is 2.30. The van der Waals surface area contributed by atoms with E-state index in [2.05, 4.69) is 34.2 Å². The van der Waals surface area contributed by atoms with Gasteiger partial charge in [-0.1, -0.05) is 6.92 Å². The zero-order valence-corrected chi connectivity index (χ0v) is 10.3. The Hall–Kier alpha value is -1.32. The van der Waals surface area contributed by atoms with Crippen molar-refractivity contribution in [3.05, 3.63) is 11.9 Å². The minimum atomic E-state index is 0.875. The number of aryl methyl sites for hydroxylation is 1. The first-order valence-electron chi connectivity index (χ1n) is 5.99. The molecule has 16 heavy (non-hydrogen) atoms. The van der Waals surface area contributed by atoms with Gasteiger partial charge in [0.05, 0.1) is 0 Å². The van der Waals surface area contributed by atoms with E-state index in [4.69, 9.17) is 0 Å². The van der Waals surface area contributed by atoms with Crippen molar-refractivity contribution in [1.29, 1.82) is 0 Å². The molecule has 0 saturated heterocycles. The van der Waals surface area contributed by atoms with E-state index < -0.39 is 0 Å². The molecule has 4 heteroatoms. The average molecular weight is 220 g/mol. The lowest BCUT2D eigenvalue weighted by Gasteiger charge is -2.19. The molecule has 1 aromatic heterocycles. The lowest BCUT2D eigenvalue weighted by Crippen LogP contribution is -2.22. The van der Waals surface area contributed by atoms with E-state index in [9.17, 15) is 0 Å². The summed E-state index contributed by atoms with van der Waals surface area (Å²) < 4.78 is 0. The first-order valence-corrected chi connectivity index (χ1v) is 5.99. The summed E-state index contributed by atoms with van der Waals surface area (Å²) in [5.74, 6) is 3.72. The van der Waals surface area contributed by atoms with E-state index in [1.807, 2.05) is 13.1 Å². The minimum Gasteiger partial charge on any atom is -0.373 e. The third-order valence-corrected chi connectivity index (χ3v) is 2.95. The van der Waals surface area contributed by atoms with E-state index in [0.29, 0.717) is 0 Å². The molecule has 0 aromatic carbocycles. The largest absolute Gasteiger partial charge is 0.373 e. The van der Waals surface area contributed by atoms with Crippen LogP contribution in [0, 0.1) is 5.92 Å². The van der Waals surface area contributed by atoms with E-state index in [0.717, 1.165) is 36.3 Å². The van der Waals surface area contributed by atoms with Crippen molar-refractivity contribution < 1.29 is 0 Å². The second-order valence-corrected chi connectivity index (χ2v) is 4.46. The number of nitrogens with one attached hydrogen (secondary N) is 1. The summed E-state index contributed by atoms with van der Waals surface area (Å²) in [4.78, 5) is 11.2. The van der Waals surface area contributed by atoms with Gasteiger partial charge in [0.1, 0.15) is 17.5 Å². The van der Waals surface area contributed by atoms with Crippen molar-refractivity contribution in [3.8, 4) is 0 Å². The molecule has 4 nitrogen and oxygen atoms in total. The lowest BCUT2D eigenvalue weighted by atomic mass is 10.3. The Morgan fingerprint density at radius 1 is 1.44 bits per heavy atom. The van der Waals surface area contributed by atoms with Gasteiger partial charge < -0.3 is 10.2 Å². The fourth-order valence-electron chi connectivity index (χ4n) is 1.75. The zero-order chi connectivity index (χ0) is 11.5. The van der Waals surface area contributed by atoms with Crippen LogP contribution in [0.5, 0.6) is 0 Å². The van der Waals surface area contributed by atoms with Gasteiger partial charge in [0.25, 0.3) is 0 Å². The highest BCUT2D eigenvalue weighted by atomic mass is 15.2. The normalized spacial score (nSPS) is 14.9. The van der Waals surface area contributed by atoms with E-state index in [1.165, 1.54) is 12.8 Å². The Morgan fingerprint density at radius 2 is 2.19 bits per heavy atom. The van der Waals surface area contributed by atoms with Crippen LogP contribution < -0.4 is 10.2 Å². The van der Waals surface area contributed by atoms with Gasteiger partial charge in [-0.25, -0.2) is 9.97 Å². The predicted octanol–water partition coefficient (Wildman–Crippen LogP) is 1.93. The molecule has 0 atom stereocenters. The number of aromatic nitrogens is 2. The first kappa shape index (κ1) is 11.2. The Balaban J connectivity index is 2.16. The van der Waals surface area contributed by atoms with E-state index >= 15 is 0 Å². The van der Waals surface area contributed by atoms with Crippen molar-refractivity contribution in [2.24, 2.45) is 5.92 Å². The van der Waals surface area contributed by atoms with E-state index in [1.54, 1.807) is 0 Å². The van der Waals surface area contributed by atoms with Crippen LogP contribution in [-0.2, 0) is 6.42 Å². The number of rotatable bonds is 5. The summed E-state index contributed by atoms with van der Waals surface area (Å²) in [6.45, 7) is 3.20. The molecular formula is C12H20N4. The smallest absolute Gasteiger partial charge is 0.134 e. The fourth-order valence-corrected chi connectivity index (χ4v) is 1.75. The van der Waals surface area contributed by atoms with Gasteiger partial charge >= 0.3 is 0 Å². The number of hydrogen-bond donors (Lipinski definition) is 1. The van der Waals surface area contributed by atoms with Crippen molar-refractivity contribution in [1.82, 2.24) is 9.97 Å². The maximum Gasteiger partial charge on any atom is 0.134 e. The summed E-state index contributed by atoms with van der Waals surface area (Å²) in [5.41, 5.74) is 0. The van der Waals surface area contributed by atoms with Crippen molar-refractivity contribution >= 4 is 11.6 Å². The summed E-state index contributed by atoms with van der Waals surface area (Å²) >= 11 is 0.